The van der Waals surface area contributed by atoms with Crippen molar-refractivity contribution in [1.82, 2.24) is 9.78 Å². The number of aromatic nitrogens is 2. The van der Waals surface area contributed by atoms with E-state index in [1.54, 1.807) is 42.3 Å². The molecule has 1 heterocycles. The largest absolute Gasteiger partial charge is 0.496 e. The van der Waals surface area contributed by atoms with E-state index in [0.29, 0.717) is 23.7 Å². The molecule has 0 atom stereocenters. The zero-order valence-electron chi connectivity index (χ0n) is 13.1. The van der Waals surface area contributed by atoms with Crippen molar-refractivity contribution in [2.75, 3.05) is 12.4 Å². The first-order valence-electron chi connectivity index (χ1n) is 7.38. The van der Waals surface area contributed by atoms with E-state index in [1.165, 1.54) is 0 Å². The average molecular weight is 386 g/mol. The molecule has 0 aliphatic heterocycles. The summed E-state index contributed by atoms with van der Waals surface area (Å²) in [5.74, 6) is 0.926. The Hall–Kier alpha value is -2.60. The van der Waals surface area contributed by atoms with Crippen molar-refractivity contribution in [2.24, 2.45) is 0 Å². The van der Waals surface area contributed by atoms with Crippen molar-refractivity contribution in [3.8, 4) is 5.75 Å². The Balaban J connectivity index is 1.81. The minimum absolute atomic E-state index is 0.235. The molecular formula is C18H16BrN3O2. The number of carbonyl (C=O) groups is 1. The zero-order valence-corrected chi connectivity index (χ0v) is 14.7. The third kappa shape index (κ3) is 3.49. The van der Waals surface area contributed by atoms with E-state index in [-0.39, 0.29) is 5.91 Å². The van der Waals surface area contributed by atoms with Crippen molar-refractivity contribution in [2.45, 2.75) is 6.54 Å². The number of para-hydroxylation sites is 1. The van der Waals surface area contributed by atoms with Gasteiger partial charge in [0.05, 0.1) is 25.4 Å². The van der Waals surface area contributed by atoms with Gasteiger partial charge in [0.2, 0.25) is 0 Å². The first-order chi connectivity index (χ1) is 11.7. The molecule has 0 spiro atoms. The quantitative estimate of drug-likeness (QED) is 0.723. The van der Waals surface area contributed by atoms with Gasteiger partial charge in [0.15, 0.2) is 0 Å². The van der Waals surface area contributed by atoms with E-state index in [4.69, 9.17) is 4.74 Å². The van der Waals surface area contributed by atoms with Crippen LogP contribution >= 0.6 is 15.9 Å². The van der Waals surface area contributed by atoms with Crippen molar-refractivity contribution >= 4 is 27.7 Å². The molecule has 3 rings (SSSR count). The van der Waals surface area contributed by atoms with Crippen molar-refractivity contribution in [3.63, 3.8) is 0 Å². The van der Waals surface area contributed by atoms with Crippen LogP contribution < -0.4 is 10.1 Å². The standard InChI is InChI=1S/C18H16BrN3O2/c1-24-16-9-5-3-7-14(16)18(23)21-17-10-11-20-22(17)12-13-6-2-4-8-15(13)19/h2-11H,12H2,1H3,(H,21,23). The van der Waals surface area contributed by atoms with Crippen molar-refractivity contribution in [1.29, 1.82) is 0 Å². The SMILES string of the molecule is COc1ccccc1C(=O)Nc1ccnn1Cc1ccccc1Br. The van der Waals surface area contributed by atoms with Crippen LogP contribution in [0.4, 0.5) is 5.82 Å². The summed E-state index contributed by atoms with van der Waals surface area (Å²) in [4.78, 5) is 12.5. The Morgan fingerprint density at radius 1 is 1.17 bits per heavy atom. The smallest absolute Gasteiger partial charge is 0.260 e. The summed E-state index contributed by atoms with van der Waals surface area (Å²) in [6.07, 6.45) is 1.66. The summed E-state index contributed by atoms with van der Waals surface area (Å²) in [5.41, 5.74) is 1.56. The number of amides is 1. The van der Waals surface area contributed by atoms with E-state index >= 15 is 0 Å². The number of rotatable bonds is 5. The molecule has 24 heavy (non-hydrogen) atoms. The normalized spacial score (nSPS) is 10.4. The topological polar surface area (TPSA) is 56.1 Å². The van der Waals surface area contributed by atoms with Gasteiger partial charge in [-0.15, -0.1) is 0 Å². The number of hydrogen-bond donors (Lipinski definition) is 1. The Morgan fingerprint density at radius 3 is 2.71 bits per heavy atom. The molecule has 1 N–H and O–H groups in total. The van der Waals surface area contributed by atoms with Gasteiger partial charge in [0, 0.05) is 10.5 Å². The molecule has 0 aliphatic rings. The number of hydrogen-bond acceptors (Lipinski definition) is 3. The van der Waals surface area contributed by atoms with Crippen LogP contribution in [-0.2, 0) is 6.54 Å². The highest BCUT2D eigenvalue weighted by molar-refractivity contribution is 9.10. The van der Waals surface area contributed by atoms with Gasteiger partial charge in [-0.2, -0.15) is 5.10 Å². The van der Waals surface area contributed by atoms with Crippen LogP contribution in [0, 0.1) is 0 Å². The fraction of sp³-hybridized carbons (Fsp3) is 0.111. The summed E-state index contributed by atoms with van der Waals surface area (Å²) in [7, 11) is 1.54. The summed E-state index contributed by atoms with van der Waals surface area (Å²) in [5, 5.41) is 7.18. The number of nitrogens with one attached hydrogen (secondary N) is 1. The summed E-state index contributed by atoms with van der Waals surface area (Å²) >= 11 is 3.53. The summed E-state index contributed by atoms with van der Waals surface area (Å²) in [6, 6.07) is 16.8. The second-order valence-corrected chi connectivity index (χ2v) is 5.97. The van der Waals surface area contributed by atoms with E-state index in [2.05, 4.69) is 26.3 Å². The molecule has 122 valence electrons. The van der Waals surface area contributed by atoms with Crippen LogP contribution in [0.3, 0.4) is 0 Å². The van der Waals surface area contributed by atoms with Crippen LogP contribution in [0.1, 0.15) is 15.9 Å². The second-order valence-electron chi connectivity index (χ2n) is 5.12. The lowest BCUT2D eigenvalue weighted by molar-refractivity contribution is 0.102. The van der Waals surface area contributed by atoms with Crippen LogP contribution in [-0.4, -0.2) is 22.8 Å². The number of methoxy groups -OCH3 is 1. The molecule has 0 saturated carbocycles. The highest BCUT2D eigenvalue weighted by Gasteiger charge is 2.14. The Bertz CT molecular complexity index is 861. The van der Waals surface area contributed by atoms with Crippen molar-refractivity contribution in [3.05, 3.63) is 76.4 Å². The van der Waals surface area contributed by atoms with Gasteiger partial charge >= 0.3 is 0 Å². The van der Waals surface area contributed by atoms with Crippen LogP contribution in [0.15, 0.2) is 65.3 Å². The van der Waals surface area contributed by atoms with Gasteiger partial charge < -0.3 is 10.1 Å². The predicted molar refractivity (Wildman–Crippen MR) is 96.4 cm³/mol. The monoisotopic (exact) mass is 385 g/mol. The minimum Gasteiger partial charge on any atom is -0.496 e. The lowest BCUT2D eigenvalue weighted by Gasteiger charge is -2.11. The average Bonchev–Trinajstić information content (AvgIpc) is 3.03. The predicted octanol–water partition coefficient (Wildman–Crippen LogP) is 3.95. The third-order valence-electron chi connectivity index (χ3n) is 3.59. The molecule has 1 aromatic heterocycles. The van der Waals surface area contributed by atoms with Crippen LogP contribution in [0.25, 0.3) is 0 Å². The number of benzene rings is 2. The van der Waals surface area contributed by atoms with Crippen LogP contribution in [0.5, 0.6) is 5.75 Å². The number of ether oxygens (including phenoxy) is 1. The maximum atomic E-state index is 12.5. The summed E-state index contributed by atoms with van der Waals surface area (Å²) < 4.78 is 7.98. The van der Waals surface area contributed by atoms with Gasteiger partial charge in [-0.05, 0) is 23.8 Å². The molecule has 3 aromatic rings. The molecule has 0 saturated heterocycles. The minimum atomic E-state index is -0.235. The number of anilines is 1. The summed E-state index contributed by atoms with van der Waals surface area (Å²) in [6.45, 7) is 0.552. The Morgan fingerprint density at radius 2 is 1.92 bits per heavy atom. The van der Waals surface area contributed by atoms with Gasteiger partial charge in [0.25, 0.3) is 5.91 Å². The van der Waals surface area contributed by atoms with Gasteiger partial charge in [-0.1, -0.05) is 46.3 Å². The molecule has 0 aliphatic carbocycles. The maximum Gasteiger partial charge on any atom is 0.260 e. The first-order valence-corrected chi connectivity index (χ1v) is 8.18. The maximum absolute atomic E-state index is 12.5. The lowest BCUT2D eigenvalue weighted by atomic mass is 10.2. The highest BCUT2D eigenvalue weighted by atomic mass is 79.9. The molecule has 2 aromatic carbocycles. The molecule has 5 nitrogen and oxygen atoms in total. The fourth-order valence-corrected chi connectivity index (χ4v) is 2.78. The molecule has 0 radical (unpaired) electrons. The van der Waals surface area contributed by atoms with Crippen molar-refractivity contribution < 1.29 is 9.53 Å². The van der Waals surface area contributed by atoms with E-state index < -0.39 is 0 Å². The molecular weight excluding hydrogens is 370 g/mol. The fourth-order valence-electron chi connectivity index (χ4n) is 2.37. The molecule has 6 heteroatoms. The van der Waals surface area contributed by atoms with Crippen LogP contribution in [0.2, 0.25) is 0 Å². The molecule has 1 amide bonds. The Kier molecular flexibility index (Phi) is 4.96. The zero-order chi connectivity index (χ0) is 16.9. The van der Waals surface area contributed by atoms with E-state index in [0.717, 1.165) is 10.0 Å². The van der Waals surface area contributed by atoms with E-state index in [9.17, 15) is 4.79 Å². The first kappa shape index (κ1) is 16.3. The van der Waals surface area contributed by atoms with Gasteiger partial charge in [-0.25, -0.2) is 4.68 Å². The molecule has 0 fully saturated rings. The highest BCUT2D eigenvalue weighted by Crippen LogP contribution is 2.21. The number of carbonyl (C=O) groups excluding carboxylic acids is 1. The number of nitrogens with zero attached hydrogens (tertiary/aromatic N) is 2. The number of halogens is 1. The van der Waals surface area contributed by atoms with Gasteiger partial charge in [-0.3, -0.25) is 4.79 Å². The molecule has 0 unspecified atom stereocenters. The third-order valence-corrected chi connectivity index (χ3v) is 4.36. The second kappa shape index (κ2) is 7.31. The van der Waals surface area contributed by atoms with Gasteiger partial charge in [0.1, 0.15) is 11.6 Å². The molecule has 0 bridgehead atoms. The lowest BCUT2D eigenvalue weighted by Crippen LogP contribution is -2.17. The Labute approximate surface area is 148 Å². The van der Waals surface area contributed by atoms with E-state index in [1.807, 2.05) is 30.3 Å².